The number of carbonyl (C=O) groups excluding carboxylic acids is 2. The molecule has 1 N–H and O–H groups in total. The Hall–Kier alpha value is -1.78. The Morgan fingerprint density at radius 1 is 1.32 bits per heavy atom. The second-order valence-electron chi connectivity index (χ2n) is 8.57. The summed E-state index contributed by atoms with van der Waals surface area (Å²) in [6.45, 7) is 7.25. The van der Waals surface area contributed by atoms with Gasteiger partial charge in [-0.15, -0.1) is 0 Å². The number of anilines is 1. The van der Waals surface area contributed by atoms with Crippen LogP contribution in [0.1, 0.15) is 32.8 Å². The maximum absolute atomic E-state index is 12.5. The number of aryl methyl sites for hydroxylation is 1. The van der Waals surface area contributed by atoms with E-state index in [0.717, 1.165) is 11.3 Å². The number of benzene rings is 1. The largest absolute Gasteiger partial charge is 0.444 e. The average molecular weight is 488 g/mol. The van der Waals surface area contributed by atoms with Crippen molar-refractivity contribution in [2.75, 3.05) is 23.0 Å². The number of carbonyl (C=O) groups is 2. The summed E-state index contributed by atoms with van der Waals surface area (Å²) < 4.78 is 29.5. The Kier molecular flexibility index (Phi) is 6.93. The number of thioether (sulfide) groups is 1. The Morgan fingerprint density at radius 2 is 2.03 bits per heavy atom. The molecule has 2 heterocycles. The number of hydrogen-bond donors (Lipinski definition) is 1. The zero-order valence-electron chi connectivity index (χ0n) is 17.8. The van der Waals surface area contributed by atoms with E-state index in [9.17, 15) is 18.0 Å². The van der Waals surface area contributed by atoms with Gasteiger partial charge < -0.3 is 15.0 Å². The normalized spacial score (nSPS) is 23.6. The fraction of sp³-hybridized carbons (Fsp3) is 0.550. The van der Waals surface area contributed by atoms with E-state index >= 15 is 0 Å². The molecule has 0 unspecified atom stereocenters. The van der Waals surface area contributed by atoms with E-state index in [1.54, 1.807) is 32.9 Å². The highest BCUT2D eigenvalue weighted by molar-refractivity contribution is 8.16. The minimum absolute atomic E-state index is 0.000692. The van der Waals surface area contributed by atoms with Gasteiger partial charge in [0.15, 0.2) is 15.0 Å². The van der Waals surface area contributed by atoms with Gasteiger partial charge >= 0.3 is 6.09 Å². The van der Waals surface area contributed by atoms with E-state index in [4.69, 9.17) is 16.3 Å². The number of nitrogens with one attached hydrogen (secondary N) is 1. The third-order valence-electron chi connectivity index (χ3n) is 4.72. The first kappa shape index (κ1) is 23.9. The molecule has 170 valence electrons. The van der Waals surface area contributed by atoms with Crippen molar-refractivity contribution in [2.45, 2.75) is 51.0 Å². The smallest absolute Gasteiger partial charge is 0.407 e. The predicted octanol–water partition coefficient (Wildman–Crippen LogP) is 3.16. The highest BCUT2D eigenvalue weighted by atomic mass is 35.5. The van der Waals surface area contributed by atoms with Crippen LogP contribution in [0.5, 0.6) is 0 Å². The molecule has 0 bridgehead atoms. The second kappa shape index (κ2) is 8.99. The van der Waals surface area contributed by atoms with E-state index < -0.39 is 27.4 Å². The summed E-state index contributed by atoms with van der Waals surface area (Å²) in [6, 6.07) is 5.06. The number of halogens is 1. The summed E-state index contributed by atoms with van der Waals surface area (Å²) in [5.41, 5.74) is 1.02. The quantitative estimate of drug-likeness (QED) is 0.695. The summed E-state index contributed by atoms with van der Waals surface area (Å²) in [7, 11) is -3.16. The van der Waals surface area contributed by atoms with Crippen molar-refractivity contribution in [3.05, 3.63) is 28.8 Å². The number of amidine groups is 1. The van der Waals surface area contributed by atoms with E-state index in [1.807, 2.05) is 17.9 Å². The minimum atomic E-state index is -3.16. The van der Waals surface area contributed by atoms with Gasteiger partial charge in [0.25, 0.3) is 0 Å². The molecule has 0 radical (unpaired) electrons. The second-order valence-corrected chi connectivity index (χ2v) is 12.4. The number of ether oxygens (including phenoxy) is 1. The topological polar surface area (TPSA) is 105 Å². The number of nitrogens with zero attached hydrogens (tertiary/aromatic N) is 2. The van der Waals surface area contributed by atoms with Crippen LogP contribution in [0.3, 0.4) is 0 Å². The molecule has 2 atom stereocenters. The van der Waals surface area contributed by atoms with Gasteiger partial charge in [0, 0.05) is 28.9 Å². The maximum atomic E-state index is 12.5. The first-order valence-corrected chi connectivity index (χ1v) is 12.9. The summed E-state index contributed by atoms with van der Waals surface area (Å²) >= 11 is 7.48. The lowest BCUT2D eigenvalue weighted by molar-refractivity contribution is -0.117. The van der Waals surface area contributed by atoms with Crippen LogP contribution in [0.25, 0.3) is 0 Å². The standard InChI is InChI=1S/C20H26ClN3O5S2/c1-12-5-6-13(21)9-14(12)24-15-10-31(27,28)11-16(15)30-18(24)23-17(25)7-8-22-19(26)29-20(2,3)4/h5-6,9,15-16H,7-8,10-11H2,1-4H3,(H,22,26)/t15-,16-/m0/s1. The Balaban J connectivity index is 1.75. The molecule has 0 saturated carbocycles. The number of hydrogen-bond acceptors (Lipinski definition) is 6. The number of sulfone groups is 1. The predicted molar refractivity (Wildman–Crippen MR) is 124 cm³/mol. The molecular formula is C20H26ClN3O5S2. The molecule has 0 spiro atoms. The van der Waals surface area contributed by atoms with Gasteiger partial charge in [0.1, 0.15) is 5.60 Å². The molecule has 11 heteroatoms. The van der Waals surface area contributed by atoms with Crippen molar-refractivity contribution in [1.82, 2.24) is 5.32 Å². The molecule has 1 aromatic carbocycles. The Bertz CT molecular complexity index is 1020. The molecule has 2 saturated heterocycles. The summed E-state index contributed by atoms with van der Waals surface area (Å²) in [5.74, 6) is -0.360. The van der Waals surface area contributed by atoms with Gasteiger partial charge in [-0.25, -0.2) is 13.2 Å². The zero-order valence-corrected chi connectivity index (χ0v) is 20.2. The van der Waals surface area contributed by atoms with Crippen molar-refractivity contribution >= 4 is 56.1 Å². The van der Waals surface area contributed by atoms with Crippen molar-refractivity contribution < 1.29 is 22.7 Å². The van der Waals surface area contributed by atoms with Gasteiger partial charge in [-0.3, -0.25) is 4.79 Å². The third-order valence-corrected chi connectivity index (χ3v) is 8.17. The lowest BCUT2D eigenvalue weighted by atomic mass is 10.1. The Labute approximate surface area is 191 Å². The summed E-state index contributed by atoms with van der Waals surface area (Å²) in [5, 5.41) is 3.31. The van der Waals surface area contributed by atoms with E-state index in [1.165, 1.54) is 11.8 Å². The van der Waals surface area contributed by atoms with Crippen molar-refractivity contribution in [3.8, 4) is 0 Å². The van der Waals surface area contributed by atoms with Crippen LogP contribution in [0, 0.1) is 6.92 Å². The van der Waals surface area contributed by atoms with Crippen molar-refractivity contribution in [3.63, 3.8) is 0 Å². The van der Waals surface area contributed by atoms with Gasteiger partial charge in [0.2, 0.25) is 5.91 Å². The number of aliphatic imine (C=N–C) groups is 1. The van der Waals surface area contributed by atoms with Crippen LogP contribution < -0.4 is 10.2 Å². The molecule has 2 fully saturated rings. The summed E-state index contributed by atoms with van der Waals surface area (Å²) in [6.07, 6.45) is -0.599. The molecule has 31 heavy (non-hydrogen) atoms. The third kappa shape index (κ3) is 6.14. The van der Waals surface area contributed by atoms with E-state index in [-0.39, 0.29) is 35.8 Å². The molecule has 1 aromatic rings. The molecule has 2 aliphatic rings. The van der Waals surface area contributed by atoms with Gasteiger partial charge in [-0.1, -0.05) is 29.4 Å². The molecule has 2 amide bonds. The lowest BCUT2D eigenvalue weighted by Crippen LogP contribution is -2.38. The number of fused-ring (bicyclic) bond motifs is 1. The number of amides is 2. The SMILES string of the molecule is Cc1ccc(Cl)cc1N1C(=NC(=O)CCNC(=O)OC(C)(C)C)S[C@H]2CS(=O)(=O)C[C@@H]21. The number of rotatable bonds is 4. The van der Waals surface area contributed by atoms with Gasteiger partial charge in [-0.05, 0) is 45.4 Å². The highest BCUT2D eigenvalue weighted by Gasteiger charge is 2.49. The zero-order chi connectivity index (χ0) is 23.0. The fourth-order valence-electron chi connectivity index (χ4n) is 3.44. The van der Waals surface area contributed by atoms with Crippen LogP contribution in [0.4, 0.5) is 10.5 Å². The van der Waals surface area contributed by atoms with Crippen molar-refractivity contribution in [1.29, 1.82) is 0 Å². The van der Waals surface area contributed by atoms with Crippen LogP contribution in [0.2, 0.25) is 5.02 Å². The fourth-order valence-corrected chi connectivity index (χ4v) is 7.53. The number of alkyl carbamates (subject to hydrolysis) is 1. The molecule has 3 rings (SSSR count). The van der Waals surface area contributed by atoms with Crippen LogP contribution in [-0.4, -0.2) is 60.5 Å². The first-order chi connectivity index (χ1) is 14.3. The Morgan fingerprint density at radius 3 is 2.71 bits per heavy atom. The van der Waals surface area contributed by atoms with Crippen molar-refractivity contribution in [2.24, 2.45) is 4.99 Å². The molecule has 0 aromatic heterocycles. The van der Waals surface area contributed by atoms with Gasteiger partial charge in [0.05, 0.1) is 17.5 Å². The molecular weight excluding hydrogens is 462 g/mol. The van der Waals surface area contributed by atoms with Crippen LogP contribution >= 0.6 is 23.4 Å². The molecule has 8 nitrogen and oxygen atoms in total. The van der Waals surface area contributed by atoms with E-state index in [2.05, 4.69) is 10.3 Å². The van der Waals surface area contributed by atoms with Gasteiger partial charge in [-0.2, -0.15) is 4.99 Å². The highest BCUT2D eigenvalue weighted by Crippen LogP contribution is 2.42. The molecule has 0 aliphatic carbocycles. The van der Waals surface area contributed by atoms with Crippen LogP contribution in [-0.2, 0) is 19.4 Å². The van der Waals surface area contributed by atoms with Crippen LogP contribution in [0.15, 0.2) is 23.2 Å². The van der Waals surface area contributed by atoms with E-state index in [0.29, 0.717) is 10.2 Å². The first-order valence-electron chi connectivity index (χ1n) is 9.85. The average Bonchev–Trinajstić information content (AvgIpc) is 3.06. The monoisotopic (exact) mass is 487 g/mol. The summed E-state index contributed by atoms with van der Waals surface area (Å²) in [4.78, 5) is 30.3. The minimum Gasteiger partial charge on any atom is -0.444 e. The lowest BCUT2D eigenvalue weighted by Gasteiger charge is -2.26. The molecule has 2 aliphatic heterocycles. The maximum Gasteiger partial charge on any atom is 0.407 e.